The van der Waals surface area contributed by atoms with Gasteiger partial charge in [0, 0.05) is 29.8 Å². The average Bonchev–Trinajstić information content (AvgIpc) is 2.92. The van der Waals surface area contributed by atoms with Crippen LogP contribution in [0.5, 0.6) is 0 Å². The van der Waals surface area contributed by atoms with Gasteiger partial charge in [-0.3, -0.25) is 4.79 Å². The molecule has 1 saturated heterocycles. The van der Waals surface area contributed by atoms with Crippen LogP contribution >= 0.6 is 22.9 Å². The van der Waals surface area contributed by atoms with Gasteiger partial charge in [0.05, 0.1) is 5.02 Å². The number of rotatable bonds is 3. The van der Waals surface area contributed by atoms with Gasteiger partial charge in [-0.1, -0.05) is 36.7 Å². The Morgan fingerprint density at radius 1 is 1.36 bits per heavy atom. The van der Waals surface area contributed by atoms with Crippen LogP contribution in [0.15, 0.2) is 24.3 Å². The van der Waals surface area contributed by atoms with Crippen molar-refractivity contribution in [1.82, 2.24) is 4.90 Å². The minimum atomic E-state index is -0.0132. The minimum Gasteiger partial charge on any atom is -0.396 e. The van der Waals surface area contributed by atoms with Crippen LogP contribution in [0, 0.1) is 5.41 Å². The van der Waals surface area contributed by atoms with Gasteiger partial charge in [-0.15, -0.1) is 11.3 Å². The molecule has 1 N–H and O–H groups in total. The van der Waals surface area contributed by atoms with E-state index >= 15 is 0 Å². The molecule has 1 aliphatic rings. The Hall–Kier alpha value is -1.10. The van der Waals surface area contributed by atoms with Crippen LogP contribution in [-0.4, -0.2) is 35.6 Å². The molecule has 0 saturated carbocycles. The molecule has 1 aromatic heterocycles. The van der Waals surface area contributed by atoms with E-state index in [0.29, 0.717) is 23.0 Å². The van der Waals surface area contributed by atoms with E-state index in [4.69, 9.17) is 11.6 Å². The number of likely N-dealkylation sites (tertiary alicyclic amines) is 1. The highest BCUT2D eigenvalue weighted by molar-refractivity contribution is 7.21. The lowest BCUT2D eigenvalue weighted by atomic mass is 9.77. The molecule has 0 bridgehead atoms. The molecule has 22 heavy (non-hydrogen) atoms. The fourth-order valence-corrected chi connectivity index (χ4v) is 4.58. The molecule has 0 spiro atoms. The van der Waals surface area contributed by atoms with Crippen molar-refractivity contribution in [2.75, 3.05) is 19.7 Å². The summed E-state index contributed by atoms with van der Waals surface area (Å²) < 4.78 is 1.05. The topological polar surface area (TPSA) is 40.5 Å². The monoisotopic (exact) mass is 337 g/mol. The zero-order chi connectivity index (χ0) is 15.7. The Kier molecular flexibility index (Phi) is 4.44. The zero-order valence-electron chi connectivity index (χ0n) is 12.6. The first-order valence-corrected chi connectivity index (χ1v) is 8.87. The maximum absolute atomic E-state index is 12.8. The molecule has 1 aliphatic heterocycles. The lowest BCUT2D eigenvalue weighted by Crippen LogP contribution is -2.44. The number of aliphatic hydroxyl groups is 1. The largest absolute Gasteiger partial charge is 0.396 e. The molecule has 5 heteroatoms. The number of benzene rings is 1. The summed E-state index contributed by atoms with van der Waals surface area (Å²) in [7, 11) is 0. The third kappa shape index (κ3) is 2.64. The van der Waals surface area contributed by atoms with Gasteiger partial charge in [0.15, 0.2) is 0 Å². The zero-order valence-corrected chi connectivity index (χ0v) is 14.2. The molecule has 1 amide bonds. The first-order valence-electron chi connectivity index (χ1n) is 7.67. The van der Waals surface area contributed by atoms with Crippen molar-refractivity contribution in [3.8, 4) is 0 Å². The van der Waals surface area contributed by atoms with E-state index in [2.05, 4.69) is 6.92 Å². The van der Waals surface area contributed by atoms with Gasteiger partial charge in [0.1, 0.15) is 4.88 Å². The first kappa shape index (κ1) is 15.8. The molecular formula is C17H20ClNO2S. The fraction of sp³-hybridized carbons (Fsp3) is 0.471. The number of amides is 1. The maximum Gasteiger partial charge on any atom is 0.265 e. The van der Waals surface area contributed by atoms with Crippen molar-refractivity contribution < 1.29 is 9.90 Å². The summed E-state index contributed by atoms with van der Waals surface area (Å²) in [4.78, 5) is 15.3. The van der Waals surface area contributed by atoms with Gasteiger partial charge in [-0.2, -0.15) is 0 Å². The summed E-state index contributed by atoms with van der Waals surface area (Å²) >= 11 is 7.87. The van der Waals surface area contributed by atoms with E-state index in [-0.39, 0.29) is 17.9 Å². The maximum atomic E-state index is 12.8. The number of piperidine rings is 1. The highest BCUT2D eigenvalue weighted by Gasteiger charge is 2.35. The second kappa shape index (κ2) is 6.19. The van der Waals surface area contributed by atoms with E-state index < -0.39 is 0 Å². The van der Waals surface area contributed by atoms with Crippen LogP contribution in [0.4, 0.5) is 0 Å². The number of aliphatic hydroxyl groups excluding tert-OH is 1. The number of hydrogen-bond acceptors (Lipinski definition) is 3. The molecule has 2 aromatic rings. The Labute approximate surface area is 139 Å². The molecular weight excluding hydrogens is 318 g/mol. The third-order valence-electron chi connectivity index (χ3n) is 4.93. The van der Waals surface area contributed by atoms with Crippen LogP contribution in [-0.2, 0) is 0 Å². The van der Waals surface area contributed by atoms with Gasteiger partial charge in [-0.25, -0.2) is 0 Å². The summed E-state index contributed by atoms with van der Waals surface area (Å²) in [5, 5.41) is 11.1. The summed E-state index contributed by atoms with van der Waals surface area (Å²) in [5.74, 6) is 0.0221. The lowest BCUT2D eigenvalue weighted by molar-refractivity contribution is 0.0341. The first-order chi connectivity index (χ1) is 10.6. The minimum absolute atomic E-state index is 0.0132. The van der Waals surface area contributed by atoms with Gasteiger partial charge < -0.3 is 10.0 Å². The standard InChI is InChI=1S/C17H20ClNO2S/c1-2-17(11-20)7-9-19(10-8-17)16(21)15-14(18)12-5-3-4-6-13(12)22-15/h3-6,20H,2,7-11H2,1H3. The van der Waals surface area contributed by atoms with Gasteiger partial charge in [0.2, 0.25) is 0 Å². The van der Waals surface area contributed by atoms with E-state index in [1.165, 1.54) is 11.3 Å². The van der Waals surface area contributed by atoms with Gasteiger partial charge >= 0.3 is 0 Å². The van der Waals surface area contributed by atoms with E-state index in [1.807, 2.05) is 29.2 Å². The number of hydrogen-bond donors (Lipinski definition) is 1. The molecule has 1 fully saturated rings. The number of nitrogens with zero attached hydrogens (tertiary/aromatic N) is 1. The molecule has 0 unspecified atom stereocenters. The quantitative estimate of drug-likeness (QED) is 0.912. The van der Waals surface area contributed by atoms with Crippen LogP contribution < -0.4 is 0 Å². The number of carbonyl (C=O) groups is 1. The van der Waals surface area contributed by atoms with Crippen molar-refractivity contribution in [2.24, 2.45) is 5.41 Å². The van der Waals surface area contributed by atoms with Crippen LogP contribution in [0.1, 0.15) is 35.9 Å². The predicted molar refractivity (Wildman–Crippen MR) is 91.8 cm³/mol. The number of thiophene rings is 1. The molecule has 0 atom stereocenters. The van der Waals surface area contributed by atoms with Crippen LogP contribution in [0.3, 0.4) is 0 Å². The summed E-state index contributed by atoms with van der Waals surface area (Å²) in [6.45, 7) is 3.70. The molecule has 0 radical (unpaired) electrons. The summed E-state index contributed by atoms with van der Waals surface area (Å²) in [6.07, 6.45) is 2.66. The Balaban J connectivity index is 1.81. The Morgan fingerprint density at radius 2 is 2.05 bits per heavy atom. The molecule has 2 heterocycles. The van der Waals surface area contributed by atoms with Crippen LogP contribution in [0.2, 0.25) is 5.02 Å². The number of fused-ring (bicyclic) bond motifs is 1. The molecule has 3 nitrogen and oxygen atoms in total. The normalized spacial score (nSPS) is 17.9. The summed E-state index contributed by atoms with van der Waals surface area (Å²) in [5.41, 5.74) is -0.0132. The number of carbonyl (C=O) groups excluding carboxylic acids is 1. The predicted octanol–water partition coefficient (Wildman–Crippen LogP) is 4.18. The highest BCUT2D eigenvalue weighted by atomic mass is 35.5. The molecule has 0 aliphatic carbocycles. The Bertz CT molecular complexity index is 683. The van der Waals surface area contributed by atoms with E-state index in [1.54, 1.807) is 0 Å². The van der Waals surface area contributed by atoms with Crippen LogP contribution in [0.25, 0.3) is 10.1 Å². The van der Waals surface area contributed by atoms with E-state index in [9.17, 15) is 9.90 Å². The Morgan fingerprint density at radius 3 is 2.64 bits per heavy atom. The van der Waals surface area contributed by atoms with Crippen molar-refractivity contribution >= 4 is 38.9 Å². The van der Waals surface area contributed by atoms with Gasteiger partial charge in [0.25, 0.3) is 5.91 Å². The summed E-state index contributed by atoms with van der Waals surface area (Å²) in [6, 6.07) is 7.84. The second-order valence-electron chi connectivity index (χ2n) is 6.05. The van der Waals surface area contributed by atoms with Gasteiger partial charge in [-0.05, 0) is 30.7 Å². The van der Waals surface area contributed by atoms with Crippen molar-refractivity contribution in [1.29, 1.82) is 0 Å². The van der Waals surface area contributed by atoms with E-state index in [0.717, 1.165) is 29.3 Å². The SMILES string of the molecule is CCC1(CO)CCN(C(=O)c2sc3ccccc3c2Cl)CC1. The fourth-order valence-electron chi connectivity index (χ4n) is 3.10. The number of halogens is 1. The average molecular weight is 338 g/mol. The van der Waals surface area contributed by atoms with Crippen molar-refractivity contribution in [3.05, 3.63) is 34.2 Å². The third-order valence-corrected chi connectivity index (χ3v) is 6.59. The second-order valence-corrected chi connectivity index (χ2v) is 7.48. The molecule has 1 aromatic carbocycles. The highest BCUT2D eigenvalue weighted by Crippen LogP contribution is 2.38. The van der Waals surface area contributed by atoms with Crippen molar-refractivity contribution in [3.63, 3.8) is 0 Å². The van der Waals surface area contributed by atoms with Crippen molar-refractivity contribution in [2.45, 2.75) is 26.2 Å². The molecule has 3 rings (SSSR count). The smallest absolute Gasteiger partial charge is 0.265 e. The lowest BCUT2D eigenvalue weighted by Gasteiger charge is -2.40. The molecule has 118 valence electrons.